The highest BCUT2D eigenvalue weighted by molar-refractivity contribution is 5.82. The number of hydrogen-bond acceptors (Lipinski definition) is 2. The molecule has 0 saturated heterocycles. The molecular formula is C14H18F3NO2. The van der Waals surface area contributed by atoms with E-state index >= 15 is 0 Å². The number of aliphatic carboxylic acids is 1. The van der Waals surface area contributed by atoms with Crippen LogP contribution in [0.3, 0.4) is 0 Å². The molecule has 0 aliphatic heterocycles. The van der Waals surface area contributed by atoms with E-state index in [2.05, 4.69) is 5.32 Å². The molecule has 6 heteroatoms. The third-order valence-electron chi connectivity index (χ3n) is 3.05. The van der Waals surface area contributed by atoms with Crippen molar-refractivity contribution in [2.24, 2.45) is 0 Å². The Balaban J connectivity index is 2.74. The fourth-order valence-electron chi connectivity index (χ4n) is 1.91. The Labute approximate surface area is 115 Å². The van der Waals surface area contributed by atoms with Gasteiger partial charge in [-0.1, -0.05) is 12.1 Å². The average Bonchev–Trinajstić information content (AvgIpc) is 2.26. The molecule has 1 unspecified atom stereocenters. The maximum Gasteiger partial charge on any atom is 0.389 e. The van der Waals surface area contributed by atoms with Crippen molar-refractivity contribution in [1.82, 2.24) is 0 Å². The molecule has 0 aromatic heterocycles. The SMILES string of the molecule is Cc1cccc(NC(C)(CCCC(F)(F)F)C(=O)O)c1. The van der Waals surface area contributed by atoms with Crippen molar-refractivity contribution in [3.63, 3.8) is 0 Å². The van der Waals surface area contributed by atoms with E-state index in [1.807, 2.05) is 13.0 Å². The van der Waals surface area contributed by atoms with Crippen LogP contribution in [0.2, 0.25) is 0 Å². The number of carboxylic acid groups (broad SMARTS) is 1. The van der Waals surface area contributed by atoms with Gasteiger partial charge in [0.15, 0.2) is 0 Å². The molecule has 0 amide bonds. The van der Waals surface area contributed by atoms with Crippen LogP contribution in [-0.4, -0.2) is 22.8 Å². The van der Waals surface area contributed by atoms with E-state index in [4.69, 9.17) is 0 Å². The van der Waals surface area contributed by atoms with Gasteiger partial charge in [-0.2, -0.15) is 13.2 Å². The van der Waals surface area contributed by atoms with Crippen molar-refractivity contribution >= 4 is 11.7 Å². The van der Waals surface area contributed by atoms with Gasteiger partial charge in [0, 0.05) is 12.1 Å². The molecular weight excluding hydrogens is 271 g/mol. The van der Waals surface area contributed by atoms with E-state index in [0.29, 0.717) is 5.69 Å². The van der Waals surface area contributed by atoms with Crippen LogP contribution in [0.15, 0.2) is 24.3 Å². The highest BCUT2D eigenvalue weighted by atomic mass is 19.4. The Bertz CT molecular complexity index is 474. The maximum absolute atomic E-state index is 12.1. The first-order valence-corrected chi connectivity index (χ1v) is 6.27. The van der Waals surface area contributed by atoms with Crippen LogP contribution in [0.5, 0.6) is 0 Å². The molecule has 0 heterocycles. The summed E-state index contributed by atoms with van der Waals surface area (Å²) in [5.74, 6) is -1.17. The van der Waals surface area contributed by atoms with E-state index in [-0.39, 0.29) is 12.8 Å². The molecule has 0 aliphatic carbocycles. The minimum Gasteiger partial charge on any atom is -0.480 e. The van der Waals surface area contributed by atoms with Crippen molar-refractivity contribution in [2.45, 2.75) is 44.8 Å². The van der Waals surface area contributed by atoms with E-state index in [1.54, 1.807) is 18.2 Å². The van der Waals surface area contributed by atoms with E-state index in [1.165, 1.54) is 6.92 Å². The maximum atomic E-state index is 12.1. The lowest BCUT2D eigenvalue weighted by atomic mass is 9.94. The first-order valence-electron chi connectivity index (χ1n) is 6.27. The fraction of sp³-hybridized carbons (Fsp3) is 0.500. The van der Waals surface area contributed by atoms with E-state index in [9.17, 15) is 23.1 Å². The minimum atomic E-state index is -4.26. The lowest BCUT2D eigenvalue weighted by molar-refractivity contribution is -0.145. The Morgan fingerprint density at radius 1 is 1.30 bits per heavy atom. The number of rotatable bonds is 6. The van der Waals surface area contributed by atoms with Crippen molar-refractivity contribution in [3.05, 3.63) is 29.8 Å². The summed E-state index contributed by atoms with van der Waals surface area (Å²) < 4.78 is 36.4. The number of alkyl halides is 3. The molecule has 1 rings (SSSR count). The number of halogens is 3. The minimum absolute atomic E-state index is 0.101. The molecule has 0 bridgehead atoms. The van der Waals surface area contributed by atoms with Crippen LogP contribution in [0.4, 0.5) is 18.9 Å². The number of carbonyl (C=O) groups is 1. The van der Waals surface area contributed by atoms with E-state index in [0.717, 1.165) is 5.56 Å². The summed E-state index contributed by atoms with van der Waals surface area (Å²) in [5, 5.41) is 12.1. The predicted octanol–water partition coefficient (Wildman–Crippen LogP) is 3.98. The molecule has 20 heavy (non-hydrogen) atoms. The molecule has 3 nitrogen and oxygen atoms in total. The zero-order valence-corrected chi connectivity index (χ0v) is 11.4. The van der Waals surface area contributed by atoms with Gasteiger partial charge in [0.05, 0.1) is 0 Å². The van der Waals surface area contributed by atoms with E-state index < -0.39 is 24.1 Å². The van der Waals surface area contributed by atoms with Crippen molar-refractivity contribution in [2.75, 3.05) is 5.32 Å². The molecule has 2 N–H and O–H groups in total. The Hall–Kier alpha value is -1.72. The predicted molar refractivity (Wildman–Crippen MR) is 70.7 cm³/mol. The summed E-state index contributed by atoms with van der Waals surface area (Å²) in [6.07, 6.45) is -5.57. The van der Waals surface area contributed by atoms with Gasteiger partial charge in [0.25, 0.3) is 0 Å². The zero-order valence-electron chi connectivity index (χ0n) is 11.4. The van der Waals surface area contributed by atoms with Crippen LogP contribution >= 0.6 is 0 Å². The third kappa shape index (κ3) is 5.11. The van der Waals surface area contributed by atoms with Crippen LogP contribution in [0.1, 0.15) is 31.7 Å². The molecule has 0 saturated carbocycles. The summed E-state index contributed by atoms with van der Waals surface area (Å²) in [7, 11) is 0. The first-order chi connectivity index (χ1) is 9.12. The quantitative estimate of drug-likeness (QED) is 0.832. The van der Waals surface area contributed by atoms with Crippen LogP contribution < -0.4 is 5.32 Å². The largest absolute Gasteiger partial charge is 0.480 e. The number of carboxylic acids is 1. The van der Waals surface area contributed by atoms with Gasteiger partial charge in [-0.3, -0.25) is 0 Å². The number of anilines is 1. The number of benzene rings is 1. The van der Waals surface area contributed by atoms with Gasteiger partial charge in [-0.25, -0.2) is 4.79 Å². The fourth-order valence-corrected chi connectivity index (χ4v) is 1.91. The summed E-state index contributed by atoms with van der Waals surface area (Å²) in [4.78, 5) is 11.3. The normalized spacial score (nSPS) is 14.7. The highest BCUT2D eigenvalue weighted by Gasteiger charge is 2.35. The van der Waals surface area contributed by atoms with Gasteiger partial charge in [0.2, 0.25) is 0 Å². The van der Waals surface area contributed by atoms with Gasteiger partial charge in [0.1, 0.15) is 5.54 Å². The lowest BCUT2D eigenvalue weighted by Crippen LogP contribution is -2.43. The summed E-state index contributed by atoms with van der Waals surface area (Å²) in [5.41, 5.74) is 0.110. The molecule has 1 atom stereocenters. The Kier molecular flexibility index (Phi) is 5.03. The number of nitrogens with one attached hydrogen (secondary N) is 1. The third-order valence-corrected chi connectivity index (χ3v) is 3.05. The molecule has 1 aromatic carbocycles. The molecule has 1 aromatic rings. The van der Waals surface area contributed by atoms with Gasteiger partial charge >= 0.3 is 12.1 Å². The van der Waals surface area contributed by atoms with Crippen molar-refractivity contribution in [1.29, 1.82) is 0 Å². The first kappa shape index (κ1) is 16.3. The van der Waals surface area contributed by atoms with Gasteiger partial charge in [-0.15, -0.1) is 0 Å². The topological polar surface area (TPSA) is 49.3 Å². The molecule has 0 spiro atoms. The van der Waals surface area contributed by atoms with Crippen LogP contribution in [0, 0.1) is 6.92 Å². The number of hydrogen-bond donors (Lipinski definition) is 2. The highest BCUT2D eigenvalue weighted by Crippen LogP contribution is 2.27. The Morgan fingerprint density at radius 3 is 2.45 bits per heavy atom. The number of aryl methyl sites for hydroxylation is 1. The van der Waals surface area contributed by atoms with Gasteiger partial charge in [-0.05, 0) is 44.4 Å². The average molecular weight is 289 g/mol. The standard InChI is InChI=1S/C14H18F3NO2/c1-10-5-3-6-11(9-10)18-13(2,12(19)20)7-4-8-14(15,16)17/h3,5-6,9,18H,4,7-8H2,1-2H3,(H,19,20). The molecule has 112 valence electrons. The second-order valence-electron chi connectivity index (χ2n) is 5.10. The summed E-state index contributed by atoms with van der Waals surface area (Å²) in [6, 6.07) is 7.06. The molecule has 0 aliphatic rings. The lowest BCUT2D eigenvalue weighted by Gasteiger charge is -2.28. The van der Waals surface area contributed by atoms with Crippen molar-refractivity contribution < 1.29 is 23.1 Å². The summed E-state index contributed by atoms with van der Waals surface area (Å²) >= 11 is 0. The summed E-state index contributed by atoms with van der Waals surface area (Å²) in [6.45, 7) is 3.25. The second-order valence-corrected chi connectivity index (χ2v) is 5.10. The molecule has 0 fully saturated rings. The second kappa shape index (κ2) is 6.15. The van der Waals surface area contributed by atoms with Crippen LogP contribution in [-0.2, 0) is 4.79 Å². The van der Waals surface area contributed by atoms with Crippen LogP contribution in [0.25, 0.3) is 0 Å². The van der Waals surface area contributed by atoms with Gasteiger partial charge < -0.3 is 10.4 Å². The van der Waals surface area contributed by atoms with Crippen molar-refractivity contribution in [3.8, 4) is 0 Å². The molecule has 0 radical (unpaired) electrons. The Morgan fingerprint density at radius 2 is 1.95 bits per heavy atom. The smallest absolute Gasteiger partial charge is 0.389 e. The monoisotopic (exact) mass is 289 g/mol. The zero-order chi connectivity index (χ0) is 15.4.